The number of H-pyrrole nitrogens is 1. The van der Waals surface area contributed by atoms with Crippen molar-refractivity contribution in [2.24, 2.45) is 5.10 Å². The van der Waals surface area contributed by atoms with Gasteiger partial charge in [0.05, 0.1) is 12.4 Å². The smallest absolute Gasteiger partial charge is 0.280 e. The maximum atomic E-state index is 13.6. The van der Waals surface area contributed by atoms with Gasteiger partial charge in [0.15, 0.2) is 11.5 Å². The first-order valence-corrected chi connectivity index (χ1v) is 12.4. The third-order valence-electron chi connectivity index (χ3n) is 6.14. The predicted octanol–water partition coefficient (Wildman–Crippen LogP) is 4.53. The Morgan fingerprint density at radius 3 is 2.64 bits per heavy atom. The molecule has 1 amide bonds. The van der Waals surface area contributed by atoms with Crippen LogP contribution in [-0.4, -0.2) is 51.2 Å². The number of carbonyl (C=O) groups excluding carboxylic acids is 1. The van der Waals surface area contributed by atoms with Gasteiger partial charge in [-0.2, -0.15) is 14.9 Å². The number of aromatic nitrogens is 3. The number of rotatable bonds is 6. The van der Waals surface area contributed by atoms with Crippen LogP contribution >= 0.6 is 28.1 Å². The molecule has 0 spiro atoms. The Labute approximate surface area is 206 Å². The third kappa shape index (κ3) is 4.71. The van der Waals surface area contributed by atoms with Gasteiger partial charge in [0.2, 0.25) is 4.77 Å². The van der Waals surface area contributed by atoms with Gasteiger partial charge in [-0.25, -0.2) is 0 Å². The van der Waals surface area contributed by atoms with Gasteiger partial charge in [-0.3, -0.25) is 19.7 Å². The zero-order valence-corrected chi connectivity index (χ0v) is 20.6. The molecule has 9 heteroatoms. The van der Waals surface area contributed by atoms with Crippen LogP contribution < -0.4 is 4.90 Å². The van der Waals surface area contributed by atoms with Crippen LogP contribution in [0.5, 0.6) is 0 Å². The highest BCUT2D eigenvalue weighted by Gasteiger charge is 2.36. The number of anilines is 1. The van der Waals surface area contributed by atoms with Crippen molar-refractivity contribution in [1.29, 1.82) is 0 Å². The molecule has 7 nitrogen and oxygen atoms in total. The monoisotopic (exact) mass is 524 g/mol. The lowest BCUT2D eigenvalue weighted by Crippen LogP contribution is -2.43. The lowest BCUT2D eigenvalue weighted by molar-refractivity contribution is -0.112. The number of aryl methyl sites for hydroxylation is 2. The van der Waals surface area contributed by atoms with Gasteiger partial charge in [-0.05, 0) is 68.3 Å². The molecule has 2 aromatic carbocycles. The second-order valence-electron chi connectivity index (χ2n) is 8.41. The molecule has 2 aliphatic heterocycles. The molecule has 5 rings (SSSR count). The molecular formula is C24H25BrN6OS. The number of hydrogen-bond donors (Lipinski definition) is 1. The Morgan fingerprint density at radius 2 is 1.85 bits per heavy atom. The molecule has 1 fully saturated rings. The molecular weight excluding hydrogens is 500 g/mol. The van der Waals surface area contributed by atoms with Crippen molar-refractivity contribution in [3.05, 3.63) is 74.7 Å². The van der Waals surface area contributed by atoms with Crippen LogP contribution in [0, 0.1) is 4.77 Å². The summed E-state index contributed by atoms with van der Waals surface area (Å²) in [6.45, 7) is 2.60. The summed E-state index contributed by atoms with van der Waals surface area (Å²) < 4.78 is 2.88. The SMILES string of the molecule is O=C1/C(=N\n2c(CCc3ccccc3)n[nH]c2=S)c2cc(Br)ccc2N1CN1CCCCC1. The summed E-state index contributed by atoms with van der Waals surface area (Å²) in [7, 11) is 0. The quantitative estimate of drug-likeness (QED) is 0.481. The highest BCUT2D eigenvalue weighted by Crippen LogP contribution is 2.32. The molecule has 2 aliphatic rings. The van der Waals surface area contributed by atoms with Gasteiger partial charge < -0.3 is 0 Å². The summed E-state index contributed by atoms with van der Waals surface area (Å²) in [6.07, 6.45) is 5.06. The number of amides is 1. The molecule has 0 atom stereocenters. The van der Waals surface area contributed by atoms with Crippen molar-refractivity contribution >= 4 is 45.5 Å². The average molecular weight is 525 g/mol. The van der Waals surface area contributed by atoms with Crippen molar-refractivity contribution in [3.63, 3.8) is 0 Å². The summed E-state index contributed by atoms with van der Waals surface area (Å²) in [5.41, 5.74) is 3.29. The number of benzene rings is 2. The van der Waals surface area contributed by atoms with Crippen molar-refractivity contribution < 1.29 is 4.79 Å². The summed E-state index contributed by atoms with van der Waals surface area (Å²) in [5.74, 6) is 0.598. The molecule has 33 heavy (non-hydrogen) atoms. The number of nitrogens with one attached hydrogen (secondary N) is 1. The zero-order chi connectivity index (χ0) is 22.8. The first-order chi connectivity index (χ1) is 16.1. The van der Waals surface area contributed by atoms with Crippen LogP contribution in [0.4, 0.5) is 5.69 Å². The van der Waals surface area contributed by atoms with E-state index in [0.29, 0.717) is 29.4 Å². The summed E-state index contributed by atoms with van der Waals surface area (Å²) >= 11 is 9.00. The van der Waals surface area contributed by atoms with Gasteiger partial charge in [-0.15, -0.1) is 0 Å². The first kappa shape index (κ1) is 22.2. The largest absolute Gasteiger partial charge is 0.293 e. The molecule has 1 aromatic heterocycles. The lowest BCUT2D eigenvalue weighted by atomic mass is 10.1. The molecule has 0 bridgehead atoms. The molecule has 3 heterocycles. The Balaban J connectivity index is 1.47. The van der Waals surface area contributed by atoms with E-state index in [9.17, 15) is 4.79 Å². The number of carbonyl (C=O) groups is 1. The van der Waals surface area contributed by atoms with Gasteiger partial charge in [0.1, 0.15) is 0 Å². The van der Waals surface area contributed by atoms with E-state index in [-0.39, 0.29) is 5.91 Å². The van der Waals surface area contributed by atoms with E-state index in [0.717, 1.165) is 35.2 Å². The fourth-order valence-corrected chi connectivity index (χ4v) is 4.97. The number of aromatic amines is 1. The van der Waals surface area contributed by atoms with E-state index in [4.69, 9.17) is 17.3 Å². The van der Waals surface area contributed by atoms with Crippen LogP contribution in [0.25, 0.3) is 0 Å². The van der Waals surface area contributed by atoms with Crippen molar-refractivity contribution in [1.82, 2.24) is 19.8 Å². The maximum absolute atomic E-state index is 13.6. The van der Waals surface area contributed by atoms with E-state index in [1.54, 1.807) is 4.68 Å². The van der Waals surface area contributed by atoms with Crippen molar-refractivity contribution in [3.8, 4) is 0 Å². The van der Waals surface area contributed by atoms with Crippen LogP contribution in [0.1, 0.15) is 36.2 Å². The average Bonchev–Trinajstić information content (AvgIpc) is 3.31. The normalized spacial score (nSPS) is 17.7. The Kier molecular flexibility index (Phi) is 6.52. The van der Waals surface area contributed by atoms with Crippen molar-refractivity contribution in [2.75, 3.05) is 24.7 Å². The second kappa shape index (κ2) is 9.70. The number of halogens is 1. The molecule has 170 valence electrons. The number of nitrogens with zero attached hydrogens (tertiary/aromatic N) is 5. The Morgan fingerprint density at radius 1 is 1.06 bits per heavy atom. The highest BCUT2D eigenvalue weighted by molar-refractivity contribution is 9.10. The zero-order valence-electron chi connectivity index (χ0n) is 18.2. The fourth-order valence-electron chi connectivity index (χ4n) is 4.41. The minimum Gasteiger partial charge on any atom is -0.293 e. The van der Waals surface area contributed by atoms with Crippen LogP contribution in [0.3, 0.4) is 0 Å². The predicted molar refractivity (Wildman–Crippen MR) is 135 cm³/mol. The topological polar surface area (TPSA) is 69.5 Å². The van der Waals surface area contributed by atoms with E-state index in [1.165, 1.54) is 24.8 Å². The minimum absolute atomic E-state index is 0.106. The van der Waals surface area contributed by atoms with Crippen LogP contribution in [-0.2, 0) is 17.6 Å². The Hall–Kier alpha value is -2.62. The number of piperidine rings is 1. The van der Waals surface area contributed by atoms with E-state index >= 15 is 0 Å². The minimum atomic E-state index is -0.106. The van der Waals surface area contributed by atoms with Crippen LogP contribution in [0.2, 0.25) is 0 Å². The standard InChI is InChI=1S/C24H25BrN6OS/c25-18-10-11-20-19(15-18)22(23(32)30(20)16-29-13-5-2-6-14-29)28-31-21(26-27-24(31)33)12-9-17-7-3-1-4-8-17/h1,3-4,7-8,10-11,15H,2,5-6,9,12-14,16H2,(H,27,33)/b28-22-. The fraction of sp³-hybridized carbons (Fsp3) is 0.333. The number of likely N-dealkylation sites (tertiary alicyclic amines) is 1. The molecule has 0 unspecified atom stereocenters. The van der Waals surface area contributed by atoms with E-state index < -0.39 is 0 Å². The lowest BCUT2D eigenvalue weighted by Gasteiger charge is -2.30. The third-order valence-corrected chi connectivity index (χ3v) is 6.90. The van der Waals surface area contributed by atoms with Gasteiger partial charge in [-0.1, -0.05) is 52.7 Å². The van der Waals surface area contributed by atoms with Gasteiger partial charge in [0, 0.05) is 16.5 Å². The molecule has 0 saturated carbocycles. The van der Waals surface area contributed by atoms with E-state index in [2.05, 4.69) is 43.2 Å². The van der Waals surface area contributed by atoms with Crippen LogP contribution in [0.15, 0.2) is 58.1 Å². The number of hydrogen-bond acceptors (Lipinski definition) is 5. The van der Waals surface area contributed by atoms with Gasteiger partial charge >= 0.3 is 0 Å². The summed E-state index contributed by atoms with van der Waals surface area (Å²) in [5, 5.41) is 12.0. The summed E-state index contributed by atoms with van der Waals surface area (Å²) in [4.78, 5) is 17.7. The molecule has 0 aliphatic carbocycles. The highest BCUT2D eigenvalue weighted by atomic mass is 79.9. The molecule has 1 saturated heterocycles. The summed E-state index contributed by atoms with van der Waals surface area (Å²) in [6, 6.07) is 16.1. The van der Waals surface area contributed by atoms with Gasteiger partial charge in [0.25, 0.3) is 5.91 Å². The molecule has 0 radical (unpaired) electrons. The Bertz CT molecular complexity index is 1250. The number of fused-ring (bicyclic) bond motifs is 1. The van der Waals surface area contributed by atoms with E-state index in [1.807, 2.05) is 41.3 Å². The molecule has 3 aromatic rings. The second-order valence-corrected chi connectivity index (χ2v) is 9.71. The van der Waals surface area contributed by atoms with Crippen molar-refractivity contribution in [2.45, 2.75) is 32.1 Å². The maximum Gasteiger partial charge on any atom is 0.280 e. The molecule has 1 N–H and O–H groups in total. The first-order valence-electron chi connectivity index (χ1n) is 11.2.